The molecule has 1 aromatic carbocycles. The molecule has 31 heavy (non-hydrogen) atoms. The van der Waals surface area contributed by atoms with Crippen molar-refractivity contribution in [1.82, 2.24) is 9.78 Å². The number of benzene rings is 1. The van der Waals surface area contributed by atoms with Gasteiger partial charge in [0.15, 0.2) is 5.69 Å². The molecule has 164 valence electrons. The van der Waals surface area contributed by atoms with Crippen molar-refractivity contribution < 1.29 is 32.2 Å². The van der Waals surface area contributed by atoms with Gasteiger partial charge in [-0.3, -0.25) is 9.59 Å². The van der Waals surface area contributed by atoms with Crippen LogP contribution in [0.25, 0.3) is 16.5 Å². The number of hydrogen-bond donors (Lipinski definition) is 1. The number of carbonyl (C=O) groups excluding carboxylic acids is 2. The van der Waals surface area contributed by atoms with Gasteiger partial charge in [-0.25, -0.2) is 4.79 Å². The standard InChI is InChI=1S/C18H13ClF3N3O5S/c1-2-29-17(28)14-11-8-31-15(23-12(26)7-19)13(11)16(27)25(24-14)9-3-5-10(6-4-9)30-18(20,21)22/h3-6,8H,2,7H2,1H3,(H,23,26). The summed E-state index contributed by atoms with van der Waals surface area (Å²) in [5.74, 6) is -2.24. The number of aromatic nitrogens is 2. The first kappa shape index (κ1) is 22.6. The smallest absolute Gasteiger partial charge is 0.461 e. The van der Waals surface area contributed by atoms with Crippen molar-refractivity contribution in [2.75, 3.05) is 17.8 Å². The molecule has 8 nitrogen and oxygen atoms in total. The molecule has 0 spiro atoms. The summed E-state index contributed by atoms with van der Waals surface area (Å²) in [5.41, 5.74) is -0.846. The van der Waals surface area contributed by atoms with Crippen LogP contribution in [0.5, 0.6) is 5.75 Å². The van der Waals surface area contributed by atoms with Crippen LogP contribution in [0.2, 0.25) is 0 Å². The first-order chi connectivity index (χ1) is 14.6. The monoisotopic (exact) mass is 475 g/mol. The Hall–Kier alpha value is -3.12. The molecule has 1 N–H and O–H groups in total. The van der Waals surface area contributed by atoms with Gasteiger partial charge in [0.1, 0.15) is 16.6 Å². The molecule has 3 rings (SSSR count). The maximum absolute atomic E-state index is 13.1. The molecule has 0 radical (unpaired) electrons. The van der Waals surface area contributed by atoms with E-state index in [1.165, 1.54) is 17.5 Å². The summed E-state index contributed by atoms with van der Waals surface area (Å²) >= 11 is 6.49. The molecule has 2 aromatic heterocycles. The highest BCUT2D eigenvalue weighted by Gasteiger charge is 2.31. The van der Waals surface area contributed by atoms with E-state index in [0.717, 1.165) is 28.2 Å². The number of thiophene rings is 1. The van der Waals surface area contributed by atoms with E-state index >= 15 is 0 Å². The zero-order valence-corrected chi connectivity index (χ0v) is 17.2. The Bertz CT molecular complexity index is 1190. The average Bonchev–Trinajstić information content (AvgIpc) is 3.12. The zero-order valence-electron chi connectivity index (χ0n) is 15.7. The number of esters is 1. The zero-order chi connectivity index (χ0) is 22.8. The quantitative estimate of drug-likeness (QED) is 0.431. The van der Waals surface area contributed by atoms with Crippen molar-refractivity contribution >= 4 is 50.6 Å². The Morgan fingerprint density at radius 1 is 1.26 bits per heavy atom. The van der Waals surface area contributed by atoms with Crippen molar-refractivity contribution in [2.24, 2.45) is 0 Å². The molecule has 2 heterocycles. The SMILES string of the molecule is CCOC(=O)c1nn(-c2ccc(OC(F)(F)F)cc2)c(=O)c2c(NC(=O)CCl)scc12. The van der Waals surface area contributed by atoms with Crippen LogP contribution in [0.1, 0.15) is 17.4 Å². The van der Waals surface area contributed by atoms with Gasteiger partial charge in [0, 0.05) is 10.8 Å². The number of nitrogens with zero attached hydrogens (tertiary/aromatic N) is 2. The highest BCUT2D eigenvalue weighted by atomic mass is 35.5. The lowest BCUT2D eigenvalue weighted by Gasteiger charge is -2.11. The molecule has 0 saturated carbocycles. The fourth-order valence-electron chi connectivity index (χ4n) is 2.62. The molecule has 1 amide bonds. The first-order valence-corrected chi connectivity index (χ1v) is 9.99. The fourth-order valence-corrected chi connectivity index (χ4v) is 3.64. The van der Waals surface area contributed by atoms with Crippen LogP contribution in [0.4, 0.5) is 18.2 Å². The second-order valence-corrected chi connectivity index (χ2v) is 7.01. The normalized spacial score (nSPS) is 11.4. The van der Waals surface area contributed by atoms with Gasteiger partial charge in [-0.2, -0.15) is 9.78 Å². The third-order valence-electron chi connectivity index (χ3n) is 3.81. The lowest BCUT2D eigenvalue weighted by Crippen LogP contribution is -2.25. The van der Waals surface area contributed by atoms with E-state index < -0.39 is 29.5 Å². The maximum Gasteiger partial charge on any atom is 0.573 e. The summed E-state index contributed by atoms with van der Waals surface area (Å²) in [7, 11) is 0. The number of carbonyl (C=O) groups is 2. The molecule has 0 atom stereocenters. The predicted molar refractivity (Wildman–Crippen MR) is 107 cm³/mol. The molecule has 0 bridgehead atoms. The van der Waals surface area contributed by atoms with Crippen molar-refractivity contribution in [3.8, 4) is 11.4 Å². The number of hydrogen-bond acceptors (Lipinski definition) is 7. The molecule has 0 aliphatic rings. The lowest BCUT2D eigenvalue weighted by atomic mass is 10.2. The van der Waals surface area contributed by atoms with E-state index in [-0.39, 0.29) is 39.6 Å². The average molecular weight is 476 g/mol. The van der Waals surface area contributed by atoms with Crippen LogP contribution in [-0.4, -0.2) is 40.5 Å². The van der Waals surface area contributed by atoms with Crippen molar-refractivity contribution in [3.63, 3.8) is 0 Å². The molecule has 0 unspecified atom stereocenters. The van der Waals surface area contributed by atoms with Gasteiger partial charge >= 0.3 is 12.3 Å². The summed E-state index contributed by atoms with van der Waals surface area (Å²) in [4.78, 5) is 37.2. The highest BCUT2D eigenvalue weighted by molar-refractivity contribution is 7.16. The first-order valence-electron chi connectivity index (χ1n) is 8.58. The second kappa shape index (κ2) is 8.94. The number of rotatable bonds is 6. The van der Waals surface area contributed by atoms with E-state index in [0.29, 0.717) is 0 Å². The second-order valence-electron chi connectivity index (χ2n) is 5.86. The molecule has 0 aliphatic carbocycles. The van der Waals surface area contributed by atoms with Gasteiger partial charge in [-0.1, -0.05) is 0 Å². The van der Waals surface area contributed by atoms with E-state index in [4.69, 9.17) is 16.3 Å². The summed E-state index contributed by atoms with van der Waals surface area (Å²) in [6, 6.07) is 4.32. The third kappa shape index (κ3) is 4.97. The van der Waals surface area contributed by atoms with Crippen LogP contribution in [-0.2, 0) is 9.53 Å². The van der Waals surface area contributed by atoms with Gasteiger partial charge in [-0.15, -0.1) is 36.1 Å². The number of alkyl halides is 4. The molecule has 3 aromatic rings. The Labute approximate surface area is 181 Å². The van der Waals surface area contributed by atoms with Crippen molar-refractivity contribution in [1.29, 1.82) is 0 Å². The molecule has 0 aliphatic heterocycles. The van der Waals surface area contributed by atoms with E-state index in [1.54, 1.807) is 6.92 Å². The van der Waals surface area contributed by atoms with Gasteiger partial charge in [0.05, 0.1) is 17.7 Å². The Kier molecular flexibility index (Phi) is 6.51. The minimum absolute atomic E-state index is 0.0165. The molecule has 0 fully saturated rings. The molecular formula is C18H13ClF3N3O5S. The van der Waals surface area contributed by atoms with Gasteiger partial charge < -0.3 is 14.8 Å². The number of anilines is 1. The van der Waals surface area contributed by atoms with Gasteiger partial charge in [-0.05, 0) is 31.2 Å². The summed E-state index contributed by atoms with van der Waals surface area (Å²) in [6.07, 6.45) is -4.88. The molecular weight excluding hydrogens is 463 g/mol. The Morgan fingerprint density at radius 2 is 1.94 bits per heavy atom. The molecule has 0 saturated heterocycles. The number of ether oxygens (including phenoxy) is 2. The number of halogens is 4. The van der Waals surface area contributed by atoms with Crippen molar-refractivity contribution in [3.05, 3.63) is 45.7 Å². The van der Waals surface area contributed by atoms with Crippen LogP contribution in [0.15, 0.2) is 34.4 Å². The van der Waals surface area contributed by atoms with Crippen LogP contribution < -0.4 is 15.6 Å². The largest absolute Gasteiger partial charge is 0.573 e. The summed E-state index contributed by atoms with van der Waals surface area (Å²) in [5, 5.41) is 8.27. The van der Waals surface area contributed by atoms with Crippen LogP contribution in [0, 0.1) is 0 Å². The van der Waals surface area contributed by atoms with Gasteiger partial charge in [0.25, 0.3) is 5.56 Å². The van der Waals surface area contributed by atoms with Crippen LogP contribution >= 0.6 is 22.9 Å². The fraction of sp³-hybridized carbons (Fsp3) is 0.222. The molecule has 13 heteroatoms. The maximum atomic E-state index is 13.1. The van der Waals surface area contributed by atoms with E-state index in [9.17, 15) is 27.6 Å². The number of nitrogens with one attached hydrogen (secondary N) is 1. The summed E-state index contributed by atoms with van der Waals surface area (Å²) in [6.45, 7) is 1.63. The Morgan fingerprint density at radius 3 is 2.52 bits per heavy atom. The van der Waals surface area contributed by atoms with E-state index in [1.807, 2.05) is 0 Å². The predicted octanol–water partition coefficient (Wildman–Crippen LogP) is 3.70. The highest BCUT2D eigenvalue weighted by Crippen LogP contribution is 2.31. The third-order valence-corrected chi connectivity index (χ3v) is 4.95. The lowest BCUT2D eigenvalue weighted by molar-refractivity contribution is -0.274. The van der Waals surface area contributed by atoms with Gasteiger partial charge in [0.2, 0.25) is 5.91 Å². The summed E-state index contributed by atoms with van der Waals surface area (Å²) < 4.78 is 46.8. The van der Waals surface area contributed by atoms with Crippen LogP contribution in [0.3, 0.4) is 0 Å². The van der Waals surface area contributed by atoms with Crippen molar-refractivity contribution in [2.45, 2.75) is 13.3 Å². The number of amides is 1. The Balaban J connectivity index is 2.17. The minimum atomic E-state index is -4.88. The topological polar surface area (TPSA) is 99.5 Å². The minimum Gasteiger partial charge on any atom is -0.461 e. The number of fused-ring (bicyclic) bond motifs is 1. The van der Waals surface area contributed by atoms with E-state index in [2.05, 4.69) is 15.2 Å².